The van der Waals surface area contributed by atoms with Crippen LogP contribution in [0.2, 0.25) is 0 Å². The number of nitrogens with zero attached hydrogens (tertiary/aromatic N) is 1. The molecule has 0 fully saturated rings. The molecule has 0 spiro atoms. The Bertz CT molecular complexity index is 472. The third-order valence-corrected chi connectivity index (χ3v) is 2.11. The molecule has 0 aliphatic heterocycles. The summed E-state index contributed by atoms with van der Waals surface area (Å²) in [6.07, 6.45) is 2.42. The minimum Gasteiger partial charge on any atom is -0.364 e. The Balaban J connectivity index is 0.00000144. The predicted molar refractivity (Wildman–Crippen MR) is 45.8 cm³/mol. The van der Waals surface area contributed by atoms with Crippen LogP contribution in [0, 0.1) is 6.08 Å². The first kappa shape index (κ1) is 14.0. The number of Topliss-reactive ketones (excluding diaryl/α,β-unsaturated/α-hetero) is 1. The zero-order valence-corrected chi connectivity index (χ0v) is 10.4. The third kappa shape index (κ3) is 2.05. The number of rotatable bonds is 1. The van der Waals surface area contributed by atoms with E-state index in [0.29, 0.717) is 0 Å². The third-order valence-electron chi connectivity index (χ3n) is 2.11. The molecule has 0 unspecified atom stereocenters. The van der Waals surface area contributed by atoms with Gasteiger partial charge < -0.3 is 9.78 Å². The van der Waals surface area contributed by atoms with E-state index in [-0.39, 0.29) is 25.8 Å². The van der Waals surface area contributed by atoms with Crippen molar-refractivity contribution in [3.63, 3.8) is 0 Å². The maximum Gasteiger partial charge on any atom is 0.321 e. The zero-order chi connectivity index (χ0) is 12.0. The van der Waals surface area contributed by atoms with E-state index in [4.69, 9.17) is 0 Å². The van der Waals surface area contributed by atoms with E-state index in [1.54, 1.807) is 0 Å². The molecule has 1 aliphatic rings. The summed E-state index contributed by atoms with van der Waals surface area (Å²) < 4.78 is 51.2. The standard InChI is InChI=1S/C10H4F4NO.Ir/c11-9(12)5-6(8(16)10(9,13)14)7-3-1-2-4-15-7;/h1-4H;/q-1;. The molecule has 0 aromatic carbocycles. The first-order valence-electron chi connectivity index (χ1n) is 4.23. The van der Waals surface area contributed by atoms with Crippen LogP contribution >= 0.6 is 0 Å². The molecule has 93 valence electrons. The van der Waals surface area contributed by atoms with Crippen LogP contribution in [0.25, 0.3) is 5.57 Å². The van der Waals surface area contributed by atoms with Gasteiger partial charge in [0.1, 0.15) is 5.78 Å². The molecule has 2 rings (SSSR count). The second-order valence-electron chi connectivity index (χ2n) is 3.19. The molecule has 0 saturated heterocycles. The van der Waals surface area contributed by atoms with Crippen molar-refractivity contribution in [2.45, 2.75) is 11.8 Å². The van der Waals surface area contributed by atoms with Gasteiger partial charge in [0.05, 0.1) is 0 Å². The summed E-state index contributed by atoms with van der Waals surface area (Å²) in [5.74, 6) is -11.3. The second kappa shape index (κ2) is 4.31. The minimum atomic E-state index is -4.74. The second-order valence-corrected chi connectivity index (χ2v) is 3.19. The first-order valence-corrected chi connectivity index (χ1v) is 4.23. The number of allylic oxidation sites excluding steroid dienone is 2. The summed E-state index contributed by atoms with van der Waals surface area (Å²) in [7, 11) is 0. The van der Waals surface area contributed by atoms with Crippen molar-refractivity contribution < 1.29 is 42.5 Å². The molecule has 1 radical (unpaired) electrons. The van der Waals surface area contributed by atoms with Gasteiger partial charge in [0.25, 0.3) is 5.92 Å². The summed E-state index contributed by atoms with van der Waals surface area (Å²) in [6, 6.07) is 4.07. The fraction of sp³-hybridized carbons (Fsp3) is 0.200. The van der Waals surface area contributed by atoms with Crippen LogP contribution in [0.5, 0.6) is 0 Å². The Morgan fingerprint density at radius 3 is 2.24 bits per heavy atom. The van der Waals surface area contributed by atoms with Crippen molar-refractivity contribution >= 4 is 11.4 Å². The van der Waals surface area contributed by atoms with E-state index in [9.17, 15) is 22.4 Å². The van der Waals surface area contributed by atoms with Crippen LogP contribution in [0.1, 0.15) is 5.69 Å². The van der Waals surface area contributed by atoms with Crippen molar-refractivity contribution in [2.75, 3.05) is 0 Å². The summed E-state index contributed by atoms with van der Waals surface area (Å²) in [5.41, 5.74) is -1.10. The van der Waals surface area contributed by atoms with E-state index < -0.39 is 23.2 Å². The average Bonchev–Trinajstić information content (AvgIpc) is 2.40. The van der Waals surface area contributed by atoms with Gasteiger partial charge in [0.2, 0.25) is 0 Å². The van der Waals surface area contributed by atoms with Gasteiger partial charge in [-0.15, -0.1) is 11.6 Å². The van der Waals surface area contributed by atoms with Crippen LogP contribution in [0.15, 0.2) is 24.4 Å². The first-order chi connectivity index (χ1) is 7.36. The topological polar surface area (TPSA) is 30.0 Å². The summed E-state index contributed by atoms with van der Waals surface area (Å²) >= 11 is 0. The van der Waals surface area contributed by atoms with Crippen molar-refractivity contribution in [1.82, 2.24) is 4.98 Å². The maximum atomic E-state index is 12.8. The fourth-order valence-electron chi connectivity index (χ4n) is 1.28. The molecule has 2 nitrogen and oxygen atoms in total. The van der Waals surface area contributed by atoms with Crippen molar-refractivity contribution in [1.29, 1.82) is 0 Å². The molecule has 7 heteroatoms. The molecule has 17 heavy (non-hydrogen) atoms. The Kier molecular flexibility index (Phi) is 3.55. The monoisotopic (exact) mass is 423 g/mol. The normalized spacial score (nSPS) is 20.7. The molecule has 1 aliphatic carbocycles. The van der Waals surface area contributed by atoms with Crippen molar-refractivity contribution in [3.05, 3.63) is 36.2 Å². The largest absolute Gasteiger partial charge is 0.364 e. The number of halogens is 4. The number of carbonyl (C=O) groups is 1. The Morgan fingerprint density at radius 1 is 1.18 bits per heavy atom. The van der Waals surface area contributed by atoms with Gasteiger partial charge in [-0.05, 0) is 11.8 Å². The van der Waals surface area contributed by atoms with E-state index in [2.05, 4.69) is 4.98 Å². The van der Waals surface area contributed by atoms with Gasteiger partial charge in [-0.3, -0.25) is 0 Å². The number of aromatic nitrogens is 1. The van der Waals surface area contributed by atoms with Gasteiger partial charge >= 0.3 is 5.92 Å². The van der Waals surface area contributed by atoms with E-state index in [0.717, 1.165) is 0 Å². The van der Waals surface area contributed by atoms with Crippen LogP contribution in [0.4, 0.5) is 17.6 Å². The fourth-order valence-corrected chi connectivity index (χ4v) is 1.28. The number of alkyl halides is 4. The van der Waals surface area contributed by atoms with Gasteiger partial charge in [-0.1, -0.05) is 12.1 Å². The van der Waals surface area contributed by atoms with E-state index in [1.807, 2.05) is 0 Å². The zero-order valence-electron chi connectivity index (χ0n) is 8.01. The van der Waals surface area contributed by atoms with Gasteiger partial charge in [0.15, 0.2) is 0 Å². The number of hydrogen-bond acceptors (Lipinski definition) is 2. The predicted octanol–water partition coefficient (Wildman–Crippen LogP) is 2.12. The SMILES string of the molecule is O=C1C(c2ccccn2)=[C-]C(F)(F)C1(F)F.[Ir]. The summed E-state index contributed by atoms with van der Waals surface area (Å²) in [6.45, 7) is 0. The Labute approximate surface area is 107 Å². The molecule has 1 heterocycles. The molecule has 0 saturated carbocycles. The summed E-state index contributed by atoms with van der Waals surface area (Å²) in [4.78, 5) is 14.6. The molecule has 1 aromatic heterocycles. The minimum absolute atomic E-state index is 0. The quantitative estimate of drug-likeness (QED) is 0.513. The Hall–Kier alpha value is -1.07. The molecular weight excluding hydrogens is 418 g/mol. The number of carbonyl (C=O) groups excluding carboxylic acids is 1. The smallest absolute Gasteiger partial charge is 0.321 e. The maximum absolute atomic E-state index is 12.8. The summed E-state index contributed by atoms with van der Waals surface area (Å²) in [5, 5.41) is 0. The van der Waals surface area contributed by atoms with Crippen LogP contribution in [-0.4, -0.2) is 22.6 Å². The molecule has 0 atom stereocenters. The van der Waals surface area contributed by atoms with Crippen LogP contribution in [0.3, 0.4) is 0 Å². The van der Waals surface area contributed by atoms with Crippen LogP contribution < -0.4 is 0 Å². The molecular formula is C10H4F4IrNO-. The number of hydrogen-bond donors (Lipinski definition) is 0. The molecule has 0 amide bonds. The Morgan fingerprint density at radius 2 is 1.82 bits per heavy atom. The van der Waals surface area contributed by atoms with Gasteiger partial charge in [-0.25, -0.2) is 17.6 Å². The molecule has 0 N–H and O–H groups in total. The van der Waals surface area contributed by atoms with E-state index >= 15 is 0 Å². The van der Waals surface area contributed by atoms with Crippen molar-refractivity contribution in [3.8, 4) is 0 Å². The number of pyridine rings is 1. The van der Waals surface area contributed by atoms with E-state index in [1.165, 1.54) is 30.5 Å². The van der Waals surface area contributed by atoms with Gasteiger partial charge in [-0.2, -0.15) is 0 Å². The molecule has 1 aromatic rings. The average molecular weight is 422 g/mol. The van der Waals surface area contributed by atoms with Gasteiger partial charge in [0, 0.05) is 26.3 Å². The van der Waals surface area contributed by atoms with Crippen molar-refractivity contribution in [2.24, 2.45) is 0 Å². The number of ketones is 1. The molecule has 0 bridgehead atoms. The van der Waals surface area contributed by atoms with Crippen LogP contribution in [-0.2, 0) is 24.9 Å².